The molecule has 0 unspecified atom stereocenters. The first-order valence-corrected chi connectivity index (χ1v) is 5.03. The van der Waals surface area contributed by atoms with Crippen molar-refractivity contribution in [1.82, 2.24) is 5.32 Å². The van der Waals surface area contributed by atoms with Crippen molar-refractivity contribution < 1.29 is 18.6 Å². The maximum absolute atomic E-state index is 11.7. The number of hydrogen-bond acceptors (Lipinski definition) is 3. The lowest BCUT2D eigenvalue weighted by molar-refractivity contribution is 0.0187. The van der Waals surface area contributed by atoms with E-state index in [4.69, 9.17) is 4.74 Å². The summed E-state index contributed by atoms with van der Waals surface area (Å²) in [5.41, 5.74) is 0.939. The molecule has 90 valence electrons. The summed E-state index contributed by atoms with van der Waals surface area (Å²) in [4.78, 5) is 0. The molecule has 2 N–H and O–H groups in total. The Hall–Kier alpha value is -1.20. The molecule has 0 spiro atoms. The zero-order chi connectivity index (χ0) is 11.8. The molecule has 0 radical (unpaired) electrons. The van der Waals surface area contributed by atoms with Crippen LogP contribution in [-0.4, -0.2) is 31.3 Å². The third kappa shape index (κ3) is 5.63. The number of ether oxygens (including phenoxy) is 1. The summed E-state index contributed by atoms with van der Waals surface area (Å²) in [5, 5.41) is 12.2. The van der Waals surface area contributed by atoms with E-state index >= 15 is 0 Å². The van der Waals surface area contributed by atoms with E-state index in [2.05, 4.69) is 5.32 Å². The molecule has 3 nitrogen and oxygen atoms in total. The highest BCUT2D eigenvalue weighted by Gasteiger charge is 2.00. The average Bonchev–Trinajstić information content (AvgIpc) is 2.23. The van der Waals surface area contributed by atoms with E-state index in [-0.39, 0.29) is 12.4 Å². The zero-order valence-corrected chi connectivity index (χ0v) is 8.83. The molecule has 0 bridgehead atoms. The van der Waals surface area contributed by atoms with Gasteiger partial charge in [0.15, 0.2) is 0 Å². The van der Waals surface area contributed by atoms with Crippen molar-refractivity contribution in [3.63, 3.8) is 0 Å². The number of hydrogen-bond donors (Lipinski definition) is 2. The second-order valence-corrected chi connectivity index (χ2v) is 3.31. The van der Waals surface area contributed by atoms with Crippen molar-refractivity contribution >= 4 is 0 Å². The van der Waals surface area contributed by atoms with Crippen molar-refractivity contribution in [1.29, 1.82) is 0 Å². The van der Waals surface area contributed by atoms with Gasteiger partial charge >= 0.3 is 0 Å². The van der Waals surface area contributed by atoms with Gasteiger partial charge in [0, 0.05) is 13.1 Å². The lowest BCUT2D eigenvalue weighted by atomic mass is 10.2. The van der Waals surface area contributed by atoms with Gasteiger partial charge in [-0.05, 0) is 17.7 Å². The number of nitrogens with one attached hydrogen (secondary N) is 1. The van der Waals surface area contributed by atoms with Crippen LogP contribution < -0.4 is 5.32 Å². The third-order valence-electron chi connectivity index (χ3n) is 1.91. The normalized spacial score (nSPS) is 10.9. The molecule has 0 heterocycles. The summed E-state index contributed by atoms with van der Waals surface area (Å²) in [6.45, 7) is 0.811. The van der Waals surface area contributed by atoms with Crippen LogP contribution in [0, 0.1) is 0 Å². The van der Waals surface area contributed by atoms with Gasteiger partial charge < -0.3 is 15.2 Å². The summed E-state index contributed by atoms with van der Waals surface area (Å²) in [7, 11) is 0. The molecule has 5 heteroatoms. The van der Waals surface area contributed by atoms with Gasteiger partial charge in [-0.15, -0.1) is 0 Å². The van der Waals surface area contributed by atoms with Gasteiger partial charge in [0.1, 0.15) is 12.4 Å². The summed E-state index contributed by atoms with van der Waals surface area (Å²) in [5.74, 6) is 0.216. The fourth-order valence-corrected chi connectivity index (χ4v) is 1.22. The summed E-state index contributed by atoms with van der Waals surface area (Å²) in [6, 6.07) is 6.86. The number of rotatable bonds is 7. The van der Waals surface area contributed by atoms with Crippen LogP contribution in [0.3, 0.4) is 0 Å². The average molecular weight is 231 g/mol. The van der Waals surface area contributed by atoms with Crippen LogP contribution in [0.2, 0.25) is 0 Å². The zero-order valence-electron chi connectivity index (χ0n) is 8.83. The second kappa shape index (κ2) is 7.14. The minimum Gasteiger partial charge on any atom is -0.508 e. The van der Waals surface area contributed by atoms with Crippen molar-refractivity contribution in [2.24, 2.45) is 0 Å². The Morgan fingerprint density at radius 1 is 1.38 bits per heavy atom. The SMILES string of the molecule is Oc1cccc(CNCCOCC(F)F)c1. The predicted molar refractivity (Wildman–Crippen MR) is 56.6 cm³/mol. The highest BCUT2D eigenvalue weighted by molar-refractivity contribution is 5.26. The van der Waals surface area contributed by atoms with Gasteiger partial charge in [-0.1, -0.05) is 12.1 Å². The molecule has 0 amide bonds. The van der Waals surface area contributed by atoms with Crippen LogP contribution in [-0.2, 0) is 11.3 Å². The summed E-state index contributed by atoms with van der Waals surface area (Å²) < 4.78 is 28.1. The molecule has 0 atom stereocenters. The molecule has 1 rings (SSSR count). The molecule has 0 aliphatic carbocycles. The fraction of sp³-hybridized carbons (Fsp3) is 0.455. The molecule has 16 heavy (non-hydrogen) atoms. The van der Waals surface area contributed by atoms with Crippen molar-refractivity contribution in [3.05, 3.63) is 29.8 Å². The van der Waals surface area contributed by atoms with Gasteiger partial charge in [0.05, 0.1) is 6.61 Å². The highest BCUT2D eigenvalue weighted by Crippen LogP contribution is 2.10. The van der Waals surface area contributed by atoms with E-state index in [1.165, 1.54) is 0 Å². The molecule has 0 aliphatic heterocycles. The van der Waals surface area contributed by atoms with E-state index < -0.39 is 13.0 Å². The van der Waals surface area contributed by atoms with E-state index in [9.17, 15) is 13.9 Å². The Bertz CT molecular complexity index is 308. The largest absolute Gasteiger partial charge is 0.508 e. The first-order valence-electron chi connectivity index (χ1n) is 5.03. The van der Waals surface area contributed by atoms with Crippen LogP contribution in [0.5, 0.6) is 5.75 Å². The lowest BCUT2D eigenvalue weighted by Gasteiger charge is -2.06. The second-order valence-electron chi connectivity index (χ2n) is 3.31. The smallest absolute Gasteiger partial charge is 0.261 e. The molecule has 0 aliphatic rings. The fourth-order valence-electron chi connectivity index (χ4n) is 1.22. The Morgan fingerprint density at radius 3 is 2.88 bits per heavy atom. The van der Waals surface area contributed by atoms with Crippen LogP contribution in [0.4, 0.5) is 8.78 Å². The minimum absolute atomic E-state index is 0.216. The molecule has 0 saturated carbocycles. The molecular weight excluding hydrogens is 216 g/mol. The number of halogens is 2. The highest BCUT2D eigenvalue weighted by atomic mass is 19.3. The van der Waals surface area contributed by atoms with Crippen LogP contribution in [0.15, 0.2) is 24.3 Å². The first-order chi connectivity index (χ1) is 7.68. The summed E-state index contributed by atoms with van der Waals surface area (Å²) >= 11 is 0. The number of phenols is 1. The Labute approximate surface area is 93.0 Å². The molecule has 0 saturated heterocycles. The summed E-state index contributed by atoms with van der Waals surface area (Å²) in [6.07, 6.45) is -2.41. The van der Waals surface area contributed by atoms with Gasteiger partial charge in [-0.3, -0.25) is 0 Å². The van der Waals surface area contributed by atoms with Gasteiger partial charge in [-0.25, -0.2) is 8.78 Å². The first kappa shape index (κ1) is 12.9. The third-order valence-corrected chi connectivity index (χ3v) is 1.91. The lowest BCUT2D eigenvalue weighted by Crippen LogP contribution is -2.20. The van der Waals surface area contributed by atoms with Gasteiger partial charge in [-0.2, -0.15) is 0 Å². The van der Waals surface area contributed by atoms with Crippen LogP contribution in [0.25, 0.3) is 0 Å². The van der Waals surface area contributed by atoms with Crippen molar-refractivity contribution in [3.8, 4) is 5.75 Å². The minimum atomic E-state index is -2.41. The maximum atomic E-state index is 11.7. The Balaban J connectivity index is 2.07. The van der Waals surface area contributed by atoms with Crippen molar-refractivity contribution in [2.45, 2.75) is 13.0 Å². The van der Waals surface area contributed by atoms with Crippen molar-refractivity contribution in [2.75, 3.05) is 19.8 Å². The van der Waals surface area contributed by atoms with Gasteiger partial charge in [0.25, 0.3) is 6.43 Å². The maximum Gasteiger partial charge on any atom is 0.261 e. The monoisotopic (exact) mass is 231 g/mol. The molecule has 1 aromatic carbocycles. The van der Waals surface area contributed by atoms with E-state index in [0.717, 1.165) is 5.56 Å². The number of benzene rings is 1. The Kier molecular flexibility index (Phi) is 5.74. The van der Waals surface area contributed by atoms with Crippen LogP contribution >= 0.6 is 0 Å². The molecular formula is C11H15F2NO2. The topological polar surface area (TPSA) is 41.5 Å². The predicted octanol–water partition coefficient (Wildman–Crippen LogP) is 1.76. The number of phenolic OH excluding ortho intramolecular Hbond substituents is 1. The van der Waals surface area contributed by atoms with E-state index in [1.807, 2.05) is 6.07 Å². The van der Waals surface area contributed by atoms with Gasteiger partial charge in [0.2, 0.25) is 0 Å². The van der Waals surface area contributed by atoms with E-state index in [0.29, 0.717) is 13.1 Å². The molecule has 1 aromatic rings. The van der Waals surface area contributed by atoms with Crippen LogP contribution in [0.1, 0.15) is 5.56 Å². The Morgan fingerprint density at radius 2 is 2.19 bits per heavy atom. The number of alkyl halides is 2. The molecule has 0 fully saturated rings. The number of aromatic hydroxyl groups is 1. The molecule has 0 aromatic heterocycles. The quantitative estimate of drug-likeness (QED) is 0.703. The standard InChI is InChI=1S/C11H15F2NO2/c12-11(13)8-16-5-4-14-7-9-2-1-3-10(15)6-9/h1-3,6,11,14-15H,4-5,7-8H2. The van der Waals surface area contributed by atoms with E-state index in [1.54, 1.807) is 18.2 Å².